The van der Waals surface area contributed by atoms with Crippen molar-refractivity contribution in [2.24, 2.45) is 10.7 Å². The number of pyridine rings is 1. The van der Waals surface area contributed by atoms with Crippen LogP contribution in [0.2, 0.25) is 0 Å². The third-order valence-corrected chi connectivity index (χ3v) is 2.63. The van der Waals surface area contributed by atoms with Crippen LogP contribution < -0.4 is 15.8 Å². The molecule has 7 heteroatoms. The third-order valence-electron chi connectivity index (χ3n) is 2.63. The first-order valence-corrected chi connectivity index (χ1v) is 6.87. The van der Waals surface area contributed by atoms with Crippen LogP contribution in [0.3, 0.4) is 0 Å². The van der Waals surface area contributed by atoms with Crippen LogP contribution in [0, 0.1) is 0 Å². The van der Waals surface area contributed by atoms with Gasteiger partial charge in [-0.1, -0.05) is 19.4 Å². The van der Waals surface area contributed by atoms with Crippen molar-refractivity contribution >= 4 is 29.9 Å². The number of aliphatic imine (C=N–C) groups is 1. The Kier molecular flexibility index (Phi) is 12.0. The van der Waals surface area contributed by atoms with Crippen molar-refractivity contribution in [3.8, 4) is 5.88 Å². The van der Waals surface area contributed by atoms with Crippen molar-refractivity contribution in [1.29, 1.82) is 0 Å². The lowest BCUT2D eigenvalue weighted by Crippen LogP contribution is -2.32. The summed E-state index contributed by atoms with van der Waals surface area (Å²) in [7, 11) is 1.63. The highest BCUT2D eigenvalue weighted by atomic mass is 127. The Morgan fingerprint density at radius 2 is 2.24 bits per heavy atom. The highest BCUT2D eigenvalue weighted by Gasteiger charge is 2.04. The highest BCUT2D eigenvalue weighted by molar-refractivity contribution is 14.0. The predicted octanol–water partition coefficient (Wildman–Crippen LogP) is 1.93. The Morgan fingerprint density at radius 1 is 1.43 bits per heavy atom. The number of nitrogens with two attached hydrogens (primary N) is 1. The molecular weight excluding hydrogens is 383 g/mol. The molecule has 0 amide bonds. The summed E-state index contributed by atoms with van der Waals surface area (Å²) in [5.41, 5.74) is 6.70. The number of guanidine groups is 1. The Morgan fingerprint density at radius 3 is 2.95 bits per heavy atom. The van der Waals surface area contributed by atoms with Gasteiger partial charge >= 0.3 is 0 Å². The van der Waals surface area contributed by atoms with Crippen LogP contribution in [-0.2, 0) is 11.3 Å². The monoisotopic (exact) mass is 408 g/mol. The Hall–Kier alpha value is -1.09. The minimum absolute atomic E-state index is 0. The van der Waals surface area contributed by atoms with Gasteiger partial charge in [0.1, 0.15) is 6.61 Å². The molecule has 0 aromatic carbocycles. The van der Waals surface area contributed by atoms with Gasteiger partial charge in [0.25, 0.3) is 0 Å². The number of halogens is 1. The maximum Gasteiger partial charge on any atom is 0.218 e. The van der Waals surface area contributed by atoms with E-state index in [1.165, 1.54) is 0 Å². The summed E-state index contributed by atoms with van der Waals surface area (Å²) in [6, 6.07) is 3.78. The molecule has 0 aliphatic carbocycles. The summed E-state index contributed by atoms with van der Waals surface area (Å²) in [5, 5.41) is 3.07. The van der Waals surface area contributed by atoms with E-state index in [9.17, 15) is 0 Å². The zero-order valence-corrected chi connectivity index (χ0v) is 15.0. The van der Waals surface area contributed by atoms with E-state index in [0.29, 0.717) is 31.6 Å². The zero-order valence-electron chi connectivity index (χ0n) is 12.7. The summed E-state index contributed by atoms with van der Waals surface area (Å²) >= 11 is 0. The number of hydrogen-bond donors (Lipinski definition) is 2. The van der Waals surface area contributed by atoms with Crippen LogP contribution in [0.25, 0.3) is 0 Å². The maximum atomic E-state index is 5.79. The smallest absolute Gasteiger partial charge is 0.218 e. The van der Waals surface area contributed by atoms with Gasteiger partial charge in [0, 0.05) is 25.4 Å². The average Bonchev–Trinajstić information content (AvgIpc) is 2.47. The molecule has 120 valence electrons. The topological polar surface area (TPSA) is 81.8 Å². The normalized spacial score (nSPS) is 10.9. The Balaban J connectivity index is 0.00000400. The molecule has 0 bridgehead atoms. The molecule has 0 saturated heterocycles. The van der Waals surface area contributed by atoms with Crippen molar-refractivity contribution in [3.05, 3.63) is 23.9 Å². The number of ether oxygens (including phenoxy) is 2. The first-order valence-electron chi connectivity index (χ1n) is 6.87. The molecule has 3 N–H and O–H groups in total. The van der Waals surface area contributed by atoms with Crippen LogP contribution in [0.1, 0.15) is 25.3 Å². The number of nitrogens with zero attached hydrogens (tertiary/aromatic N) is 2. The van der Waals surface area contributed by atoms with Gasteiger partial charge in [0.2, 0.25) is 5.88 Å². The average molecular weight is 408 g/mol. The fourth-order valence-electron chi connectivity index (χ4n) is 1.52. The molecule has 1 aromatic rings. The Labute approximate surface area is 143 Å². The van der Waals surface area contributed by atoms with Crippen molar-refractivity contribution in [1.82, 2.24) is 10.3 Å². The molecule has 1 rings (SSSR count). The van der Waals surface area contributed by atoms with E-state index in [-0.39, 0.29) is 24.0 Å². The van der Waals surface area contributed by atoms with Crippen molar-refractivity contribution in [2.75, 3.05) is 26.9 Å². The van der Waals surface area contributed by atoms with Crippen molar-refractivity contribution in [3.63, 3.8) is 0 Å². The van der Waals surface area contributed by atoms with E-state index in [0.717, 1.165) is 24.9 Å². The van der Waals surface area contributed by atoms with E-state index in [1.54, 1.807) is 13.3 Å². The fourth-order valence-corrected chi connectivity index (χ4v) is 1.52. The summed E-state index contributed by atoms with van der Waals surface area (Å²) in [6.07, 6.45) is 3.90. The van der Waals surface area contributed by atoms with Gasteiger partial charge in [0.05, 0.1) is 13.2 Å². The van der Waals surface area contributed by atoms with Crippen LogP contribution in [0.15, 0.2) is 23.3 Å². The van der Waals surface area contributed by atoms with E-state index < -0.39 is 0 Å². The standard InChI is InChI=1S/C14H24N4O2.HI/c1-3-4-7-17-14(15)18-11-12-6-5-8-16-13(12)20-10-9-19-2;/h5-6,8H,3-4,7,9-11H2,1-2H3,(H3,15,17,18);1H. The van der Waals surface area contributed by atoms with E-state index in [1.807, 2.05) is 12.1 Å². The van der Waals surface area contributed by atoms with E-state index in [4.69, 9.17) is 15.2 Å². The number of unbranched alkanes of at least 4 members (excludes halogenated alkanes) is 1. The molecule has 1 aromatic heterocycles. The summed E-state index contributed by atoms with van der Waals surface area (Å²) in [5.74, 6) is 1.03. The molecule has 0 fully saturated rings. The fraction of sp³-hybridized carbons (Fsp3) is 0.571. The first kappa shape index (κ1) is 19.9. The van der Waals surface area contributed by atoms with Gasteiger partial charge < -0.3 is 20.5 Å². The summed E-state index contributed by atoms with van der Waals surface area (Å²) < 4.78 is 10.5. The van der Waals surface area contributed by atoms with Crippen LogP contribution in [0.4, 0.5) is 0 Å². The highest BCUT2D eigenvalue weighted by Crippen LogP contribution is 2.15. The van der Waals surface area contributed by atoms with E-state index >= 15 is 0 Å². The molecule has 0 spiro atoms. The quantitative estimate of drug-likeness (QED) is 0.283. The first-order chi connectivity index (χ1) is 9.77. The van der Waals surface area contributed by atoms with Gasteiger partial charge in [-0.15, -0.1) is 24.0 Å². The molecule has 21 heavy (non-hydrogen) atoms. The molecule has 0 aliphatic rings. The number of hydrogen-bond acceptors (Lipinski definition) is 4. The van der Waals surface area contributed by atoms with Gasteiger partial charge in [-0.05, 0) is 12.5 Å². The molecule has 0 radical (unpaired) electrons. The molecular formula is C14H25IN4O2. The maximum absolute atomic E-state index is 5.79. The van der Waals surface area contributed by atoms with Crippen molar-refractivity contribution < 1.29 is 9.47 Å². The minimum atomic E-state index is 0. The van der Waals surface area contributed by atoms with Crippen LogP contribution in [-0.4, -0.2) is 37.8 Å². The molecule has 0 saturated carbocycles. The number of methoxy groups -OCH3 is 1. The molecule has 0 unspecified atom stereocenters. The van der Waals surface area contributed by atoms with Gasteiger partial charge in [-0.25, -0.2) is 9.98 Å². The predicted molar refractivity (Wildman–Crippen MR) is 95.3 cm³/mol. The van der Waals surface area contributed by atoms with E-state index in [2.05, 4.69) is 22.2 Å². The largest absolute Gasteiger partial charge is 0.475 e. The van der Waals surface area contributed by atoms with Gasteiger partial charge in [-0.3, -0.25) is 0 Å². The second-order valence-corrected chi connectivity index (χ2v) is 4.29. The van der Waals surface area contributed by atoms with Crippen LogP contribution >= 0.6 is 24.0 Å². The number of nitrogens with one attached hydrogen (secondary N) is 1. The zero-order chi connectivity index (χ0) is 14.6. The molecule has 0 aliphatic heterocycles. The molecule has 1 heterocycles. The lowest BCUT2D eigenvalue weighted by atomic mass is 10.3. The van der Waals surface area contributed by atoms with Gasteiger partial charge in [0.15, 0.2) is 5.96 Å². The SMILES string of the molecule is CCCCNC(N)=NCc1cccnc1OCCOC.I. The second kappa shape index (κ2) is 12.6. The third kappa shape index (κ3) is 8.71. The summed E-state index contributed by atoms with van der Waals surface area (Å²) in [6.45, 7) is 4.42. The van der Waals surface area contributed by atoms with Gasteiger partial charge in [-0.2, -0.15) is 0 Å². The number of aromatic nitrogens is 1. The van der Waals surface area contributed by atoms with Crippen LogP contribution in [0.5, 0.6) is 5.88 Å². The Bertz CT molecular complexity index is 416. The lowest BCUT2D eigenvalue weighted by Gasteiger charge is -2.09. The molecule has 0 atom stereocenters. The van der Waals surface area contributed by atoms with Crippen molar-refractivity contribution in [2.45, 2.75) is 26.3 Å². The number of rotatable bonds is 9. The minimum Gasteiger partial charge on any atom is -0.475 e. The molecule has 6 nitrogen and oxygen atoms in total. The second-order valence-electron chi connectivity index (χ2n) is 4.29. The lowest BCUT2D eigenvalue weighted by molar-refractivity contribution is 0.143. The summed E-state index contributed by atoms with van der Waals surface area (Å²) in [4.78, 5) is 8.48.